The first-order valence-electron chi connectivity index (χ1n) is 7.00. The Balaban J connectivity index is 2.03. The van der Waals surface area contributed by atoms with E-state index in [1.165, 1.54) is 15.6 Å². The Morgan fingerprint density at radius 2 is 2.05 bits per heavy atom. The minimum atomic E-state index is -3.42. The smallest absolute Gasteiger partial charge is 0.317 e. The minimum absolute atomic E-state index is 0.0757. The number of rotatable bonds is 3. The van der Waals surface area contributed by atoms with Crippen LogP contribution in [0.5, 0.6) is 0 Å². The lowest BCUT2D eigenvalue weighted by Gasteiger charge is -2.23. The highest BCUT2D eigenvalue weighted by atomic mass is 32.2. The van der Waals surface area contributed by atoms with Crippen molar-refractivity contribution in [3.63, 3.8) is 0 Å². The molecule has 0 aromatic carbocycles. The van der Waals surface area contributed by atoms with Crippen molar-refractivity contribution in [2.24, 2.45) is 0 Å². The molecule has 0 saturated carbocycles. The molecule has 21 heavy (non-hydrogen) atoms. The summed E-state index contributed by atoms with van der Waals surface area (Å²) in [6.07, 6.45) is 0.649. The zero-order valence-corrected chi connectivity index (χ0v) is 13.9. The molecule has 1 aromatic heterocycles. The molecule has 2 rings (SSSR count). The average molecular weight is 331 g/mol. The molecule has 0 radical (unpaired) electrons. The van der Waals surface area contributed by atoms with Crippen molar-refractivity contribution in [3.05, 3.63) is 17.5 Å². The van der Waals surface area contributed by atoms with Crippen molar-refractivity contribution in [2.75, 3.05) is 26.2 Å². The number of urea groups is 1. The standard InChI is InChI=1S/C13H21N3O3S2/c1-11(2)14-13(17)15-6-4-7-16(9-8-15)21(18,19)12-5-3-10-20-12/h3,5,10-11H,4,6-9H2,1-2H3,(H,14,17). The van der Waals surface area contributed by atoms with Crippen molar-refractivity contribution >= 4 is 27.4 Å². The maximum absolute atomic E-state index is 12.5. The zero-order valence-electron chi connectivity index (χ0n) is 12.3. The molecule has 118 valence electrons. The molecule has 0 unspecified atom stereocenters. The van der Waals surface area contributed by atoms with Gasteiger partial charge in [-0.1, -0.05) is 6.07 Å². The molecule has 1 aliphatic heterocycles. The first kappa shape index (κ1) is 16.3. The normalized spacial score (nSPS) is 17.8. The van der Waals surface area contributed by atoms with Crippen molar-refractivity contribution in [1.29, 1.82) is 0 Å². The zero-order chi connectivity index (χ0) is 15.5. The molecule has 0 aliphatic carbocycles. The highest BCUT2D eigenvalue weighted by Gasteiger charge is 2.28. The van der Waals surface area contributed by atoms with E-state index < -0.39 is 10.0 Å². The van der Waals surface area contributed by atoms with Gasteiger partial charge in [-0.2, -0.15) is 4.31 Å². The fourth-order valence-corrected chi connectivity index (χ4v) is 4.83. The van der Waals surface area contributed by atoms with Gasteiger partial charge < -0.3 is 10.2 Å². The first-order valence-corrected chi connectivity index (χ1v) is 9.32. The van der Waals surface area contributed by atoms with Crippen LogP contribution in [-0.4, -0.2) is 55.9 Å². The third-order valence-electron chi connectivity index (χ3n) is 3.24. The molecule has 1 N–H and O–H groups in total. The molecule has 1 fully saturated rings. The molecular formula is C13H21N3O3S2. The lowest BCUT2D eigenvalue weighted by molar-refractivity contribution is 0.198. The predicted molar refractivity (Wildman–Crippen MR) is 82.9 cm³/mol. The molecule has 2 amide bonds. The quantitative estimate of drug-likeness (QED) is 0.914. The number of hydrogen-bond donors (Lipinski definition) is 1. The van der Waals surface area contributed by atoms with Crippen LogP contribution in [0.1, 0.15) is 20.3 Å². The summed E-state index contributed by atoms with van der Waals surface area (Å²) in [5.74, 6) is 0. The summed E-state index contributed by atoms with van der Waals surface area (Å²) in [4.78, 5) is 13.7. The van der Waals surface area contributed by atoms with E-state index in [9.17, 15) is 13.2 Å². The molecule has 1 aliphatic rings. The van der Waals surface area contributed by atoms with Crippen molar-refractivity contribution in [1.82, 2.24) is 14.5 Å². The van der Waals surface area contributed by atoms with Gasteiger partial charge in [0.25, 0.3) is 10.0 Å². The molecule has 0 spiro atoms. The molecule has 6 nitrogen and oxygen atoms in total. The summed E-state index contributed by atoms with van der Waals surface area (Å²) in [6.45, 7) is 5.60. The molecule has 2 heterocycles. The van der Waals surface area contributed by atoms with Gasteiger partial charge in [0, 0.05) is 32.2 Å². The average Bonchev–Trinajstić information content (AvgIpc) is 2.82. The molecule has 1 saturated heterocycles. The van der Waals surface area contributed by atoms with Crippen LogP contribution in [0, 0.1) is 0 Å². The second kappa shape index (κ2) is 6.76. The van der Waals surface area contributed by atoms with Gasteiger partial charge in [-0.25, -0.2) is 13.2 Å². The van der Waals surface area contributed by atoms with Gasteiger partial charge in [0.1, 0.15) is 4.21 Å². The maximum atomic E-state index is 12.5. The second-order valence-electron chi connectivity index (χ2n) is 5.28. The Bertz CT molecular complexity index is 569. The number of carbonyl (C=O) groups excluding carboxylic acids is 1. The largest absolute Gasteiger partial charge is 0.336 e. The van der Waals surface area contributed by atoms with E-state index in [2.05, 4.69) is 5.32 Å². The Labute approximate surface area is 129 Å². The van der Waals surface area contributed by atoms with Crippen molar-refractivity contribution in [3.8, 4) is 0 Å². The number of sulfonamides is 1. The van der Waals surface area contributed by atoms with E-state index in [4.69, 9.17) is 0 Å². The lowest BCUT2D eigenvalue weighted by atomic mass is 10.4. The topological polar surface area (TPSA) is 69.7 Å². The Kier molecular flexibility index (Phi) is 5.23. The fraction of sp³-hybridized carbons (Fsp3) is 0.615. The summed E-state index contributed by atoms with van der Waals surface area (Å²) in [7, 11) is -3.42. The van der Waals surface area contributed by atoms with Gasteiger partial charge in [0.15, 0.2) is 0 Å². The van der Waals surface area contributed by atoms with Gasteiger partial charge in [-0.05, 0) is 31.7 Å². The van der Waals surface area contributed by atoms with E-state index in [0.29, 0.717) is 36.8 Å². The van der Waals surface area contributed by atoms with Gasteiger partial charge in [-0.3, -0.25) is 0 Å². The number of nitrogens with one attached hydrogen (secondary N) is 1. The first-order chi connectivity index (χ1) is 9.91. The highest BCUT2D eigenvalue weighted by Crippen LogP contribution is 2.22. The summed E-state index contributed by atoms with van der Waals surface area (Å²) in [6, 6.07) is 3.30. The number of hydrogen-bond acceptors (Lipinski definition) is 4. The van der Waals surface area contributed by atoms with Gasteiger partial charge in [0.05, 0.1) is 0 Å². The summed E-state index contributed by atoms with van der Waals surface area (Å²) in [5, 5.41) is 4.60. The number of carbonyl (C=O) groups is 1. The Morgan fingerprint density at radius 1 is 1.29 bits per heavy atom. The van der Waals surface area contributed by atoms with E-state index in [-0.39, 0.29) is 12.1 Å². The van der Waals surface area contributed by atoms with Gasteiger partial charge in [0.2, 0.25) is 0 Å². The van der Waals surface area contributed by atoms with E-state index in [1.807, 2.05) is 13.8 Å². The second-order valence-corrected chi connectivity index (χ2v) is 8.39. The van der Waals surface area contributed by atoms with E-state index >= 15 is 0 Å². The van der Waals surface area contributed by atoms with Crippen LogP contribution in [0.4, 0.5) is 4.79 Å². The molecule has 8 heteroatoms. The highest BCUT2D eigenvalue weighted by molar-refractivity contribution is 7.91. The maximum Gasteiger partial charge on any atom is 0.317 e. The van der Waals surface area contributed by atoms with Crippen LogP contribution in [-0.2, 0) is 10.0 Å². The lowest BCUT2D eigenvalue weighted by Crippen LogP contribution is -2.44. The Morgan fingerprint density at radius 3 is 2.67 bits per heavy atom. The molecule has 0 bridgehead atoms. The van der Waals surface area contributed by atoms with Crippen LogP contribution in [0.3, 0.4) is 0 Å². The summed E-state index contributed by atoms with van der Waals surface area (Å²) >= 11 is 1.22. The van der Waals surface area contributed by atoms with Crippen LogP contribution in [0.15, 0.2) is 21.7 Å². The van der Waals surface area contributed by atoms with Crippen LogP contribution < -0.4 is 5.32 Å². The summed E-state index contributed by atoms with van der Waals surface area (Å²) in [5.41, 5.74) is 0. The Hall–Kier alpha value is -1.12. The van der Waals surface area contributed by atoms with Gasteiger partial charge >= 0.3 is 6.03 Å². The van der Waals surface area contributed by atoms with Crippen LogP contribution in [0.2, 0.25) is 0 Å². The summed E-state index contributed by atoms with van der Waals surface area (Å²) < 4.78 is 26.8. The van der Waals surface area contributed by atoms with Crippen LogP contribution in [0.25, 0.3) is 0 Å². The monoisotopic (exact) mass is 331 g/mol. The molecule has 0 atom stereocenters. The molecular weight excluding hydrogens is 310 g/mol. The fourth-order valence-electron chi connectivity index (χ4n) is 2.21. The van der Waals surface area contributed by atoms with Gasteiger partial charge in [-0.15, -0.1) is 11.3 Å². The number of amides is 2. The molecule has 1 aromatic rings. The van der Waals surface area contributed by atoms with Crippen LogP contribution >= 0.6 is 11.3 Å². The van der Waals surface area contributed by atoms with Crippen molar-refractivity contribution in [2.45, 2.75) is 30.5 Å². The third-order valence-corrected chi connectivity index (χ3v) is 6.52. The number of nitrogens with zero attached hydrogens (tertiary/aromatic N) is 2. The number of thiophene rings is 1. The SMILES string of the molecule is CC(C)NC(=O)N1CCCN(S(=O)(=O)c2cccs2)CC1. The minimum Gasteiger partial charge on any atom is -0.336 e. The van der Waals surface area contributed by atoms with Crippen molar-refractivity contribution < 1.29 is 13.2 Å². The third kappa shape index (κ3) is 3.96. The van der Waals surface area contributed by atoms with E-state index in [0.717, 1.165) is 0 Å². The predicted octanol–water partition coefficient (Wildman–Crippen LogP) is 1.56. The van der Waals surface area contributed by atoms with E-state index in [1.54, 1.807) is 22.4 Å².